The lowest BCUT2D eigenvalue weighted by Crippen LogP contribution is -2.43. The van der Waals surface area contributed by atoms with Gasteiger partial charge in [-0.25, -0.2) is 0 Å². The zero-order chi connectivity index (χ0) is 12.8. The third-order valence-corrected chi connectivity index (χ3v) is 4.78. The first-order valence-corrected chi connectivity index (χ1v) is 7.90. The van der Waals surface area contributed by atoms with Gasteiger partial charge in [0.15, 0.2) is 0 Å². The van der Waals surface area contributed by atoms with E-state index in [1.54, 1.807) is 0 Å². The van der Waals surface area contributed by atoms with Crippen LogP contribution in [0.1, 0.15) is 45.4 Å². The molecule has 0 spiro atoms. The van der Waals surface area contributed by atoms with Gasteiger partial charge in [0.25, 0.3) is 0 Å². The second-order valence-electron chi connectivity index (χ2n) is 6.14. The lowest BCUT2D eigenvalue weighted by molar-refractivity contribution is 0.183. The summed E-state index contributed by atoms with van der Waals surface area (Å²) in [4.78, 5) is 2.64. The Morgan fingerprint density at radius 2 is 2.06 bits per heavy atom. The number of hydrogen-bond donors (Lipinski definition) is 2. The van der Waals surface area contributed by atoms with E-state index in [4.69, 9.17) is 5.11 Å². The van der Waals surface area contributed by atoms with Crippen LogP contribution in [0.4, 0.5) is 0 Å². The number of aliphatic hydroxyl groups is 1. The van der Waals surface area contributed by atoms with Crippen LogP contribution in [0.2, 0.25) is 0 Å². The monoisotopic (exact) mass is 254 g/mol. The van der Waals surface area contributed by atoms with Gasteiger partial charge in [-0.3, -0.25) is 0 Å². The molecule has 2 fully saturated rings. The van der Waals surface area contributed by atoms with Gasteiger partial charge in [-0.05, 0) is 50.6 Å². The van der Waals surface area contributed by atoms with Gasteiger partial charge in [-0.15, -0.1) is 0 Å². The second kappa shape index (κ2) is 7.46. The number of rotatable bonds is 6. The van der Waals surface area contributed by atoms with Crippen LogP contribution in [0, 0.1) is 11.8 Å². The summed E-state index contributed by atoms with van der Waals surface area (Å²) in [5, 5.41) is 12.7. The summed E-state index contributed by atoms with van der Waals surface area (Å²) in [5.41, 5.74) is 0. The van der Waals surface area contributed by atoms with Crippen molar-refractivity contribution in [3.05, 3.63) is 0 Å². The van der Waals surface area contributed by atoms with Gasteiger partial charge in [-0.1, -0.05) is 19.8 Å². The zero-order valence-corrected chi connectivity index (χ0v) is 11.9. The minimum absolute atomic E-state index is 0.363. The first-order chi connectivity index (χ1) is 8.83. The van der Waals surface area contributed by atoms with E-state index in [1.165, 1.54) is 51.7 Å². The van der Waals surface area contributed by atoms with Crippen LogP contribution in [0.3, 0.4) is 0 Å². The number of aliphatic hydroxyl groups excluding tert-OH is 1. The molecule has 2 rings (SSSR count). The highest BCUT2D eigenvalue weighted by Gasteiger charge is 2.29. The molecule has 3 unspecified atom stereocenters. The van der Waals surface area contributed by atoms with E-state index in [0.29, 0.717) is 6.61 Å². The van der Waals surface area contributed by atoms with Crippen molar-refractivity contribution in [3.8, 4) is 0 Å². The van der Waals surface area contributed by atoms with Gasteiger partial charge >= 0.3 is 0 Å². The second-order valence-corrected chi connectivity index (χ2v) is 6.14. The van der Waals surface area contributed by atoms with Crippen molar-refractivity contribution in [2.75, 3.05) is 32.8 Å². The molecule has 0 aromatic heterocycles. The van der Waals surface area contributed by atoms with E-state index >= 15 is 0 Å². The van der Waals surface area contributed by atoms with Crippen molar-refractivity contribution in [1.29, 1.82) is 0 Å². The Morgan fingerprint density at radius 1 is 1.22 bits per heavy atom. The smallest absolute Gasteiger partial charge is 0.0434 e. The van der Waals surface area contributed by atoms with Gasteiger partial charge < -0.3 is 15.3 Å². The van der Waals surface area contributed by atoms with Crippen molar-refractivity contribution < 1.29 is 5.11 Å². The maximum absolute atomic E-state index is 9.02. The molecule has 106 valence electrons. The van der Waals surface area contributed by atoms with Crippen LogP contribution in [0.15, 0.2) is 0 Å². The third-order valence-electron chi connectivity index (χ3n) is 4.78. The SMILES string of the molecule is CCNC1CCCCC1CN1CCC(CCO)C1. The summed E-state index contributed by atoms with van der Waals surface area (Å²) >= 11 is 0. The van der Waals surface area contributed by atoms with Crippen molar-refractivity contribution in [3.63, 3.8) is 0 Å². The molecule has 1 saturated heterocycles. The third kappa shape index (κ3) is 3.94. The minimum Gasteiger partial charge on any atom is -0.396 e. The Hall–Kier alpha value is -0.120. The van der Waals surface area contributed by atoms with Crippen LogP contribution in [0.5, 0.6) is 0 Å². The molecule has 3 heteroatoms. The van der Waals surface area contributed by atoms with Crippen LogP contribution in [0.25, 0.3) is 0 Å². The molecule has 1 aliphatic carbocycles. The van der Waals surface area contributed by atoms with Gasteiger partial charge in [0.2, 0.25) is 0 Å². The van der Waals surface area contributed by atoms with E-state index in [1.807, 2.05) is 0 Å². The van der Waals surface area contributed by atoms with Gasteiger partial charge in [-0.2, -0.15) is 0 Å². The average molecular weight is 254 g/mol. The Kier molecular flexibility index (Phi) is 5.93. The predicted molar refractivity (Wildman–Crippen MR) is 75.7 cm³/mol. The fraction of sp³-hybridized carbons (Fsp3) is 1.00. The summed E-state index contributed by atoms with van der Waals surface area (Å²) in [6, 6.07) is 0.751. The summed E-state index contributed by atoms with van der Waals surface area (Å²) < 4.78 is 0. The summed E-state index contributed by atoms with van der Waals surface area (Å²) in [6.45, 7) is 7.44. The first kappa shape index (κ1) is 14.3. The number of nitrogens with one attached hydrogen (secondary N) is 1. The first-order valence-electron chi connectivity index (χ1n) is 7.90. The Labute approximate surface area is 112 Å². The lowest BCUT2D eigenvalue weighted by atomic mass is 9.84. The zero-order valence-electron chi connectivity index (χ0n) is 11.9. The van der Waals surface area contributed by atoms with Crippen molar-refractivity contribution >= 4 is 0 Å². The molecule has 0 bridgehead atoms. The van der Waals surface area contributed by atoms with E-state index in [-0.39, 0.29) is 0 Å². The fourth-order valence-corrected chi connectivity index (χ4v) is 3.79. The molecule has 2 N–H and O–H groups in total. The molecule has 1 aliphatic heterocycles. The summed E-state index contributed by atoms with van der Waals surface area (Å²) in [6.07, 6.45) is 7.88. The van der Waals surface area contributed by atoms with Crippen molar-refractivity contribution in [1.82, 2.24) is 10.2 Å². The molecule has 18 heavy (non-hydrogen) atoms. The highest BCUT2D eigenvalue weighted by atomic mass is 16.3. The maximum atomic E-state index is 9.02. The largest absolute Gasteiger partial charge is 0.396 e. The number of nitrogens with zero attached hydrogens (tertiary/aromatic N) is 1. The predicted octanol–water partition coefficient (Wildman–Crippen LogP) is 1.86. The van der Waals surface area contributed by atoms with Crippen LogP contribution in [-0.2, 0) is 0 Å². The highest BCUT2D eigenvalue weighted by molar-refractivity contribution is 4.85. The fourth-order valence-electron chi connectivity index (χ4n) is 3.79. The van der Waals surface area contributed by atoms with Crippen LogP contribution in [-0.4, -0.2) is 48.8 Å². The normalized spacial score (nSPS) is 34.0. The van der Waals surface area contributed by atoms with E-state index < -0.39 is 0 Å². The van der Waals surface area contributed by atoms with Crippen LogP contribution >= 0.6 is 0 Å². The quantitative estimate of drug-likeness (QED) is 0.759. The van der Waals surface area contributed by atoms with E-state index in [9.17, 15) is 0 Å². The summed E-state index contributed by atoms with van der Waals surface area (Å²) in [5.74, 6) is 1.60. The molecular formula is C15H30N2O. The molecule has 3 atom stereocenters. The molecule has 0 radical (unpaired) electrons. The van der Waals surface area contributed by atoms with Crippen LogP contribution < -0.4 is 5.32 Å². The average Bonchev–Trinajstić information content (AvgIpc) is 2.80. The molecule has 3 nitrogen and oxygen atoms in total. The van der Waals surface area contributed by atoms with Gasteiger partial charge in [0, 0.05) is 25.7 Å². The molecule has 1 saturated carbocycles. The van der Waals surface area contributed by atoms with Gasteiger partial charge in [0.05, 0.1) is 0 Å². The maximum Gasteiger partial charge on any atom is 0.0434 e. The van der Waals surface area contributed by atoms with E-state index in [2.05, 4.69) is 17.1 Å². The van der Waals surface area contributed by atoms with E-state index in [0.717, 1.165) is 30.8 Å². The number of likely N-dealkylation sites (tertiary alicyclic amines) is 1. The lowest BCUT2D eigenvalue weighted by Gasteiger charge is -2.35. The van der Waals surface area contributed by atoms with Gasteiger partial charge in [0.1, 0.15) is 0 Å². The highest BCUT2D eigenvalue weighted by Crippen LogP contribution is 2.28. The molecule has 0 amide bonds. The van der Waals surface area contributed by atoms with Crippen molar-refractivity contribution in [2.45, 2.75) is 51.5 Å². The minimum atomic E-state index is 0.363. The Morgan fingerprint density at radius 3 is 2.83 bits per heavy atom. The molecule has 1 heterocycles. The molecule has 0 aromatic carbocycles. The summed E-state index contributed by atoms with van der Waals surface area (Å²) in [7, 11) is 0. The molecule has 0 aromatic rings. The van der Waals surface area contributed by atoms with Crippen molar-refractivity contribution in [2.24, 2.45) is 11.8 Å². The Bertz CT molecular complexity index is 233. The topological polar surface area (TPSA) is 35.5 Å². The molecular weight excluding hydrogens is 224 g/mol. The Balaban J connectivity index is 1.77. The number of hydrogen-bond acceptors (Lipinski definition) is 3. The molecule has 2 aliphatic rings. The standard InChI is InChI=1S/C15H30N2O/c1-2-16-15-6-4-3-5-14(15)12-17-9-7-13(11-17)8-10-18/h13-16,18H,2-12H2,1H3.